The zero-order valence-electron chi connectivity index (χ0n) is 11.4. The summed E-state index contributed by atoms with van der Waals surface area (Å²) >= 11 is 0. The number of benzene rings is 1. The second kappa shape index (κ2) is 4.93. The normalized spacial score (nSPS) is 19.4. The molecule has 98 valence electrons. The first-order valence-corrected chi connectivity index (χ1v) is 7.38. The number of rotatable bonds is 6. The van der Waals surface area contributed by atoms with Crippen molar-refractivity contribution >= 4 is 5.69 Å². The van der Waals surface area contributed by atoms with Crippen LogP contribution in [0.3, 0.4) is 0 Å². The Kier molecular flexibility index (Phi) is 3.29. The van der Waals surface area contributed by atoms with E-state index in [0.717, 1.165) is 13.1 Å². The van der Waals surface area contributed by atoms with Gasteiger partial charge in [-0.05, 0) is 48.3 Å². The highest BCUT2D eigenvalue weighted by molar-refractivity contribution is 5.56. The molecule has 1 saturated carbocycles. The van der Waals surface area contributed by atoms with Crippen LogP contribution in [0.15, 0.2) is 18.2 Å². The summed E-state index contributed by atoms with van der Waals surface area (Å²) in [5, 5.41) is 7.07. The molecule has 1 aliphatic carbocycles. The molecule has 0 amide bonds. The molecule has 0 saturated heterocycles. The first-order valence-electron chi connectivity index (χ1n) is 7.38. The Balaban J connectivity index is 1.51. The first kappa shape index (κ1) is 12.0. The average molecular weight is 244 g/mol. The van der Waals surface area contributed by atoms with Crippen LogP contribution in [0.25, 0.3) is 0 Å². The Morgan fingerprint density at radius 1 is 1.33 bits per heavy atom. The zero-order chi connectivity index (χ0) is 12.4. The molecule has 1 aromatic carbocycles. The van der Waals surface area contributed by atoms with Crippen molar-refractivity contribution in [2.75, 3.05) is 18.4 Å². The van der Waals surface area contributed by atoms with E-state index in [4.69, 9.17) is 0 Å². The fraction of sp³-hybridized carbons (Fsp3) is 0.625. The van der Waals surface area contributed by atoms with Gasteiger partial charge in [0.2, 0.25) is 0 Å². The molecule has 0 aromatic heterocycles. The van der Waals surface area contributed by atoms with Crippen LogP contribution in [-0.4, -0.2) is 13.1 Å². The van der Waals surface area contributed by atoms with E-state index in [2.05, 4.69) is 35.8 Å². The molecule has 2 heteroatoms. The molecular formula is C16H24N2. The standard InChI is InChI=1S/C16H24N2/c1-2-6-16(7-8-16)12-17-11-13-3-4-15-14(10-13)5-9-18-15/h3-4,10,17-18H,2,5-9,11-12H2,1H3. The van der Waals surface area contributed by atoms with Crippen LogP contribution in [-0.2, 0) is 13.0 Å². The van der Waals surface area contributed by atoms with Crippen molar-refractivity contribution in [2.45, 2.75) is 45.6 Å². The van der Waals surface area contributed by atoms with E-state index in [0.29, 0.717) is 5.41 Å². The van der Waals surface area contributed by atoms with Crippen LogP contribution >= 0.6 is 0 Å². The summed E-state index contributed by atoms with van der Waals surface area (Å²) in [5.74, 6) is 0. The molecule has 1 aliphatic heterocycles. The van der Waals surface area contributed by atoms with Crippen LogP contribution in [0.4, 0.5) is 5.69 Å². The second-order valence-electron chi connectivity index (χ2n) is 6.02. The molecule has 3 rings (SSSR count). The third-order valence-electron chi connectivity index (χ3n) is 4.45. The minimum Gasteiger partial charge on any atom is -0.384 e. The predicted molar refractivity (Wildman–Crippen MR) is 76.9 cm³/mol. The van der Waals surface area contributed by atoms with Crippen LogP contribution in [0, 0.1) is 5.41 Å². The van der Waals surface area contributed by atoms with Gasteiger partial charge in [0.15, 0.2) is 0 Å². The third kappa shape index (κ3) is 2.54. The molecule has 2 aliphatic rings. The molecule has 18 heavy (non-hydrogen) atoms. The maximum absolute atomic E-state index is 3.66. The molecule has 1 fully saturated rings. The largest absolute Gasteiger partial charge is 0.384 e. The van der Waals surface area contributed by atoms with Crippen molar-refractivity contribution in [3.63, 3.8) is 0 Å². The Morgan fingerprint density at radius 2 is 2.22 bits per heavy atom. The predicted octanol–water partition coefficient (Wildman–Crippen LogP) is 3.32. The summed E-state index contributed by atoms with van der Waals surface area (Å²) in [6, 6.07) is 6.85. The monoisotopic (exact) mass is 244 g/mol. The average Bonchev–Trinajstić information content (AvgIpc) is 2.97. The minimum absolute atomic E-state index is 0.660. The van der Waals surface area contributed by atoms with Gasteiger partial charge in [-0.1, -0.05) is 25.5 Å². The smallest absolute Gasteiger partial charge is 0.0373 e. The van der Waals surface area contributed by atoms with Crippen molar-refractivity contribution in [1.82, 2.24) is 5.32 Å². The van der Waals surface area contributed by atoms with Crippen LogP contribution in [0.5, 0.6) is 0 Å². The van der Waals surface area contributed by atoms with Crippen molar-refractivity contribution in [2.24, 2.45) is 5.41 Å². The Hall–Kier alpha value is -1.02. The third-order valence-corrected chi connectivity index (χ3v) is 4.45. The van der Waals surface area contributed by atoms with Gasteiger partial charge in [-0.2, -0.15) is 0 Å². The molecule has 0 spiro atoms. The molecule has 1 heterocycles. The van der Waals surface area contributed by atoms with E-state index in [-0.39, 0.29) is 0 Å². The van der Waals surface area contributed by atoms with Crippen molar-refractivity contribution < 1.29 is 0 Å². The van der Waals surface area contributed by atoms with Crippen LogP contribution < -0.4 is 10.6 Å². The van der Waals surface area contributed by atoms with Gasteiger partial charge in [0, 0.05) is 25.3 Å². The van der Waals surface area contributed by atoms with E-state index in [9.17, 15) is 0 Å². The molecular weight excluding hydrogens is 220 g/mol. The summed E-state index contributed by atoms with van der Waals surface area (Å²) < 4.78 is 0. The van der Waals surface area contributed by atoms with E-state index < -0.39 is 0 Å². The number of hydrogen-bond donors (Lipinski definition) is 2. The summed E-state index contributed by atoms with van der Waals surface area (Å²) in [5.41, 5.74) is 4.92. The number of nitrogens with one attached hydrogen (secondary N) is 2. The molecule has 0 unspecified atom stereocenters. The molecule has 0 radical (unpaired) electrons. The first-order chi connectivity index (χ1) is 8.81. The van der Waals surface area contributed by atoms with E-state index in [1.54, 1.807) is 0 Å². The fourth-order valence-corrected chi connectivity index (χ4v) is 3.16. The lowest BCUT2D eigenvalue weighted by molar-refractivity contribution is 0.421. The fourth-order valence-electron chi connectivity index (χ4n) is 3.16. The summed E-state index contributed by atoms with van der Waals surface area (Å²) in [4.78, 5) is 0. The lowest BCUT2D eigenvalue weighted by Crippen LogP contribution is -2.23. The van der Waals surface area contributed by atoms with Crippen molar-refractivity contribution in [3.05, 3.63) is 29.3 Å². The molecule has 0 atom stereocenters. The van der Waals surface area contributed by atoms with Gasteiger partial charge in [-0.25, -0.2) is 0 Å². The number of hydrogen-bond acceptors (Lipinski definition) is 2. The molecule has 0 bridgehead atoms. The molecule has 2 N–H and O–H groups in total. The quantitative estimate of drug-likeness (QED) is 0.802. The highest BCUT2D eigenvalue weighted by atomic mass is 14.9. The lowest BCUT2D eigenvalue weighted by Gasteiger charge is -2.15. The van der Waals surface area contributed by atoms with Crippen LogP contribution in [0.2, 0.25) is 0 Å². The van der Waals surface area contributed by atoms with E-state index in [1.165, 1.54) is 55.5 Å². The summed E-state index contributed by atoms with van der Waals surface area (Å²) in [7, 11) is 0. The maximum Gasteiger partial charge on any atom is 0.0373 e. The Bertz CT molecular complexity index is 421. The lowest BCUT2D eigenvalue weighted by atomic mass is 10.0. The van der Waals surface area contributed by atoms with Gasteiger partial charge in [0.1, 0.15) is 0 Å². The second-order valence-corrected chi connectivity index (χ2v) is 6.02. The van der Waals surface area contributed by atoms with Gasteiger partial charge >= 0.3 is 0 Å². The van der Waals surface area contributed by atoms with Gasteiger partial charge in [0.05, 0.1) is 0 Å². The molecule has 1 aromatic rings. The van der Waals surface area contributed by atoms with Gasteiger partial charge in [-0.15, -0.1) is 0 Å². The summed E-state index contributed by atoms with van der Waals surface area (Å²) in [6.45, 7) is 5.63. The zero-order valence-corrected chi connectivity index (χ0v) is 11.4. The highest BCUT2D eigenvalue weighted by Crippen LogP contribution is 2.48. The van der Waals surface area contributed by atoms with Crippen LogP contribution in [0.1, 0.15) is 43.7 Å². The maximum atomic E-state index is 3.66. The minimum atomic E-state index is 0.660. The Morgan fingerprint density at radius 3 is 3.00 bits per heavy atom. The Labute approximate surface area is 110 Å². The SMILES string of the molecule is CCCC1(CNCc2ccc3c(c2)CCN3)CC1. The topological polar surface area (TPSA) is 24.1 Å². The van der Waals surface area contributed by atoms with Crippen molar-refractivity contribution in [3.8, 4) is 0 Å². The van der Waals surface area contributed by atoms with Crippen molar-refractivity contribution in [1.29, 1.82) is 0 Å². The summed E-state index contributed by atoms with van der Waals surface area (Å²) in [6.07, 6.45) is 6.77. The van der Waals surface area contributed by atoms with E-state index in [1.807, 2.05) is 0 Å². The van der Waals surface area contributed by atoms with Gasteiger partial charge < -0.3 is 10.6 Å². The number of fused-ring (bicyclic) bond motifs is 1. The molecule has 2 nitrogen and oxygen atoms in total. The van der Waals surface area contributed by atoms with Gasteiger partial charge in [0.25, 0.3) is 0 Å². The highest BCUT2D eigenvalue weighted by Gasteiger charge is 2.40. The van der Waals surface area contributed by atoms with E-state index >= 15 is 0 Å². The number of anilines is 1. The van der Waals surface area contributed by atoms with Gasteiger partial charge in [-0.3, -0.25) is 0 Å².